The molecular weight excluding hydrogens is 176 g/mol. The van der Waals surface area contributed by atoms with Crippen LogP contribution in [0.5, 0.6) is 0 Å². The van der Waals surface area contributed by atoms with Crippen molar-refractivity contribution in [2.24, 2.45) is 0 Å². The Morgan fingerprint density at radius 2 is 2.36 bits per heavy atom. The zero-order chi connectivity index (χ0) is 10.4. The van der Waals surface area contributed by atoms with E-state index in [0.29, 0.717) is 12.5 Å². The van der Waals surface area contributed by atoms with Crippen molar-refractivity contribution in [3.05, 3.63) is 0 Å². The molecule has 3 heteroatoms. The predicted molar refractivity (Wildman–Crippen MR) is 58.2 cm³/mol. The summed E-state index contributed by atoms with van der Waals surface area (Å²) in [4.78, 5) is 13.6. The van der Waals surface area contributed by atoms with Crippen LogP contribution in [0.4, 0.5) is 0 Å². The molecule has 1 rings (SSSR count). The Labute approximate surface area is 86.9 Å². The van der Waals surface area contributed by atoms with E-state index in [2.05, 4.69) is 17.3 Å². The van der Waals surface area contributed by atoms with Crippen LogP contribution in [0.25, 0.3) is 0 Å². The molecule has 0 bridgehead atoms. The van der Waals surface area contributed by atoms with Crippen molar-refractivity contribution >= 4 is 5.91 Å². The van der Waals surface area contributed by atoms with Gasteiger partial charge in [0.1, 0.15) is 0 Å². The van der Waals surface area contributed by atoms with Crippen LogP contribution < -0.4 is 5.32 Å². The molecular formula is C11H22N2O. The van der Waals surface area contributed by atoms with E-state index in [1.165, 1.54) is 19.4 Å². The maximum atomic E-state index is 11.2. The highest BCUT2D eigenvalue weighted by molar-refractivity contribution is 5.75. The van der Waals surface area contributed by atoms with Gasteiger partial charge in [0.2, 0.25) is 5.91 Å². The summed E-state index contributed by atoms with van der Waals surface area (Å²) in [5.74, 6) is 0.202. The average Bonchev–Trinajstić information content (AvgIpc) is 2.52. The fraction of sp³-hybridized carbons (Fsp3) is 0.909. The predicted octanol–water partition coefficient (Wildman–Crippen LogP) is 1.39. The molecule has 82 valence electrons. The molecule has 0 saturated carbocycles. The van der Waals surface area contributed by atoms with Gasteiger partial charge in [-0.1, -0.05) is 6.92 Å². The molecule has 0 aliphatic carbocycles. The molecule has 1 heterocycles. The van der Waals surface area contributed by atoms with Gasteiger partial charge in [-0.25, -0.2) is 0 Å². The summed E-state index contributed by atoms with van der Waals surface area (Å²) < 4.78 is 0. The van der Waals surface area contributed by atoms with Gasteiger partial charge in [0, 0.05) is 19.0 Å². The highest BCUT2D eigenvalue weighted by Gasteiger charge is 2.19. The van der Waals surface area contributed by atoms with Crippen LogP contribution >= 0.6 is 0 Å². The van der Waals surface area contributed by atoms with Crippen LogP contribution in [0.2, 0.25) is 0 Å². The van der Waals surface area contributed by atoms with Crippen molar-refractivity contribution in [3.63, 3.8) is 0 Å². The standard InChI is InChI=1S/C11H22N2O/c1-3-5-11(14)12-8-7-10-6-4-9-13(10)2/h10H,3-9H2,1-2H3,(H,12,14). The zero-order valence-electron chi connectivity index (χ0n) is 9.38. The van der Waals surface area contributed by atoms with Gasteiger partial charge in [-0.2, -0.15) is 0 Å². The molecule has 0 aromatic heterocycles. The van der Waals surface area contributed by atoms with Gasteiger partial charge in [0.25, 0.3) is 0 Å². The summed E-state index contributed by atoms with van der Waals surface area (Å²) in [6.45, 7) is 4.09. The highest BCUT2D eigenvalue weighted by atomic mass is 16.1. The van der Waals surface area contributed by atoms with E-state index >= 15 is 0 Å². The summed E-state index contributed by atoms with van der Waals surface area (Å²) in [6, 6.07) is 0.692. The molecule has 0 radical (unpaired) electrons. The Balaban J connectivity index is 2.06. The minimum absolute atomic E-state index is 0.202. The molecule has 1 atom stereocenters. The van der Waals surface area contributed by atoms with Gasteiger partial charge in [-0.15, -0.1) is 0 Å². The first-order chi connectivity index (χ1) is 6.74. The Kier molecular flexibility index (Phi) is 4.94. The third-order valence-corrected chi connectivity index (χ3v) is 2.95. The molecule has 14 heavy (non-hydrogen) atoms. The molecule has 0 aromatic carbocycles. The minimum atomic E-state index is 0.202. The summed E-state index contributed by atoms with van der Waals surface area (Å²) in [5, 5.41) is 2.97. The highest BCUT2D eigenvalue weighted by Crippen LogP contribution is 2.16. The van der Waals surface area contributed by atoms with Crippen LogP contribution in [0.15, 0.2) is 0 Å². The van der Waals surface area contributed by atoms with Gasteiger partial charge in [0.05, 0.1) is 0 Å². The van der Waals surface area contributed by atoms with E-state index in [-0.39, 0.29) is 5.91 Å². The van der Waals surface area contributed by atoms with Crippen molar-refractivity contribution in [2.75, 3.05) is 20.1 Å². The second kappa shape index (κ2) is 6.02. The normalized spacial score (nSPS) is 22.6. The van der Waals surface area contributed by atoms with Crippen molar-refractivity contribution in [3.8, 4) is 0 Å². The van der Waals surface area contributed by atoms with Gasteiger partial charge >= 0.3 is 0 Å². The third-order valence-electron chi connectivity index (χ3n) is 2.95. The quantitative estimate of drug-likeness (QED) is 0.724. The van der Waals surface area contributed by atoms with Crippen LogP contribution in [0.1, 0.15) is 39.0 Å². The zero-order valence-corrected chi connectivity index (χ0v) is 9.38. The number of rotatable bonds is 5. The molecule has 0 aromatic rings. The maximum Gasteiger partial charge on any atom is 0.219 e. The van der Waals surface area contributed by atoms with E-state index < -0.39 is 0 Å². The number of carbonyl (C=O) groups excluding carboxylic acids is 1. The third kappa shape index (κ3) is 3.66. The Hall–Kier alpha value is -0.570. The molecule has 1 saturated heterocycles. The van der Waals surface area contributed by atoms with Crippen molar-refractivity contribution in [1.29, 1.82) is 0 Å². The first-order valence-electron chi connectivity index (χ1n) is 5.71. The number of hydrogen-bond donors (Lipinski definition) is 1. The average molecular weight is 198 g/mol. The van der Waals surface area contributed by atoms with E-state index in [1.807, 2.05) is 6.92 Å². The van der Waals surface area contributed by atoms with Crippen LogP contribution in [-0.2, 0) is 4.79 Å². The van der Waals surface area contributed by atoms with Crippen LogP contribution in [0, 0.1) is 0 Å². The second-order valence-corrected chi connectivity index (χ2v) is 4.17. The summed E-state index contributed by atoms with van der Waals surface area (Å²) in [7, 11) is 2.17. The first kappa shape index (κ1) is 11.5. The molecule has 1 N–H and O–H groups in total. The van der Waals surface area contributed by atoms with Crippen molar-refractivity contribution in [2.45, 2.75) is 45.1 Å². The largest absolute Gasteiger partial charge is 0.356 e. The first-order valence-corrected chi connectivity index (χ1v) is 5.71. The number of hydrogen-bond acceptors (Lipinski definition) is 2. The lowest BCUT2D eigenvalue weighted by Crippen LogP contribution is -2.31. The number of nitrogens with zero attached hydrogens (tertiary/aromatic N) is 1. The van der Waals surface area contributed by atoms with Crippen LogP contribution in [-0.4, -0.2) is 37.0 Å². The van der Waals surface area contributed by atoms with Crippen molar-refractivity contribution in [1.82, 2.24) is 10.2 Å². The van der Waals surface area contributed by atoms with Crippen molar-refractivity contribution < 1.29 is 4.79 Å². The molecule has 1 amide bonds. The Morgan fingerprint density at radius 1 is 1.57 bits per heavy atom. The summed E-state index contributed by atoms with van der Waals surface area (Å²) >= 11 is 0. The Morgan fingerprint density at radius 3 is 2.93 bits per heavy atom. The molecule has 1 aliphatic rings. The van der Waals surface area contributed by atoms with Gasteiger partial charge < -0.3 is 10.2 Å². The van der Waals surface area contributed by atoms with E-state index in [1.54, 1.807) is 0 Å². The number of nitrogens with one attached hydrogen (secondary N) is 1. The monoisotopic (exact) mass is 198 g/mol. The van der Waals surface area contributed by atoms with Gasteiger partial charge in [0.15, 0.2) is 0 Å². The maximum absolute atomic E-state index is 11.2. The molecule has 1 unspecified atom stereocenters. The number of likely N-dealkylation sites (tertiary alicyclic amines) is 1. The molecule has 1 fully saturated rings. The lowest BCUT2D eigenvalue weighted by Gasteiger charge is -2.19. The topological polar surface area (TPSA) is 32.3 Å². The van der Waals surface area contributed by atoms with Gasteiger partial charge in [-0.3, -0.25) is 4.79 Å². The second-order valence-electron chi connectivity index (χ2n) is 4.17. The van der Waals surface area contributed by atoms with E-state index in [0.717, 1.165) is 19.4 Å². The molecule has 3 nitrogen and oxygen atoms in total. The minimum Gasteiger partial charge on any atom is -0.356 e. The van der Waals surface area contributed by atoms with E-state index in [4.69, 9.17) is 0 Å². The van der Waals surface area contributed by atoms with Crippen LogP contribution in [0.3, 0.4) is 0 Å². The van der Waals surface area contributed by atoms with Gasteiger partial charge in [-0.05, 0) is 39.3 Å². The fourth-order valence-electron chi connectivity index (χ4n) is 2.04. The Bertz CT molecular complexity index is 182. The molecule has 1 aliphatic heterocycles. The SMILES string of the molecule is CCCC(=O)NCCC1CCCN1C. The smallest absolute Gasteiger partial charge is 0.219 e. The number of amides is 1. The summed E-state index contributed by atoms with van der Waals surface area (Å²) in [5.41, 5.74) is 0. The number of carbonyl (C=O) groups is 1. The fourth-order valence-corrected chi connectivity index (χ4v) is 2.04. The summed E-state index contributed by atoms with van der Waals surface area (Å²) in [6.07, 6.45) is 5.31. The van der Waals surface area contributed by atoms with E-state index in [9.17, 15) is 4.79 Å². The lowest BCUT2D eigenvalue weighted by atomic mass is 10.1. The lowest BCUT2D eigenvalue weighted by molar-refractivity contribution is -0.121. The molecule has 0 spiro atoms.